The minimum absolute atomic E-state index is 0.568. The van der Waals surface area contributed by atoms with E-state index in [-0.39, 0.29) is 0 Å². The van der Waals surface area contributed by atoms with Gasteiger partial charge in [-0.15, -0.1) is 0 Å². The maximum atomic E-state index is 5.99. The first-order chi connectivity index (χ1) is 7.63. The predicted octanol–water partition coefficient (Wildman–Crippen LogP) is 1.47. The molecule has 0 spiro atoms. The second kappa shape index (κ2) is 3.84. The molecule has 5 heteroatoms. The number of anilines is 1. The van der Waals surface area contributed by atoms with Crippen LogP contribution >= 0.6 is 0 Å². The van der Waals surface area contributed by atoms with Crippen molar-refractivity contribution in [1.29, 1.82) is 0 Å². The SMILES string of the molecule is COc1cccc(-n2nc(C)nc2C)c1N. The average molecular weight is 218 g/mol. The normalized spacial score (nSPS) is 10.4. The van der Waals surface area contributed by atoms with E-state index in [4.69, 9.17) is 10.5 Å². The highest BCUT2D eigenvalue weighted by atomic mass is 16.5. The molecule has 0 unspecified atom stereocenters. The summed E-state index contributed by atoms with van der Waals surface area (Å²) in [7, 11) is 1.59. The molecule has 2 N–H and O–H groups in total. The lowest BCUT2D eigenvalue weighted by Gasteiger charge is -2.10. The molecule has 1 heterocycles. The highest BCUT2D eigenvalue weighted by molar-refractivity contribution is 5.66. The maximum Gasteiger partial charge on any atom is 0.148 e. The lowest BCUT2D eigenvalue weighted by atomic mass is 10.2. The van der Waals surface area contributed by atoms with Crippen LogP contribution in [-0.2, 0) is 0 Å². The van der Waals surface area contributed by atoms with E-state index in [1.54, 1.807) is 11.8 Å². The van der Waals surface area contributed by atoms with Gasteiger partial charge in [0.1, 0.15) is 23.1 Å². The molecule has 1 aromatic heterocycles. The maximum absolute atomic E-state index is 5.99. The fraction of sp³-hybridized carbons (Fsp3) is 0.273. The lowest BCUT2D eigenvalue weighted by molar-refractivity contribution is 0.416. The van der Waals surface area contributed by atoms with Gasteiger partial charge in [0.05, 0.1) is 12.8 Å². The third-order valence-electron chi connectivity index (χ3n) is 2.37. The van der Waals surface area contributed by atoms with Gasteiger partial charge in [0.2, 0.25) is 0 Å². The van der Waals surface area contributed by atoms with Crippen LogP contribution in [0.15, 0.2) is 18.2 Å². The number of ether oxygens (including phenoxy) is 1. The number of aryl methyl sites for hydroxylation is 2. The van der Waals surface area contributed by atoms with Crippen molar-refractivity contribution in [3.8, 4) is 11.4 Å². The number of nitrogen functional groups attached to an aromatic ring is 1. The monoisotopic (exact) mass is 218 g/mol. The number of methoxy groups -OCH3 is 1. The van der Waals surface area contributed by atoms with E-state index in [1.165, 1.54) is 0 Å². The lowest BCUT2D eigenvalue weighted by Crippen LogP contribution is -2.04. The number of hydrogen-bond acceptors (Lipinski definition) is 4. The van der Waals surface area contributed by atoms with E-state index in [9.17, 15) is 0 Å². The van der Waals surface area contributed by atoms with Gasteiger partial charge in [0.25, 0.3) is 0 Å². The second-order valence-electron chi connectivity index (χ2n) is 3.51. The Labute approximate surface area is 93.9 Å². The molecule has 1 aromatic carbocycles. The minimum atomic E-state index is 0.568. The van der Waals surface area contributed by atoms with Crippen molar-refractivity contribution in [2.24, 2.45) is 0 Å². The van der Waals surface area contributed by atoms with Crippen LogP contribution in [0.3, 0.4) is 0 Å². The van der Waals surface area contributed by atoms with Crippen LogP contribution in [0, 0.1) is 13.8 Å². The van der Waals surface area contributed by atoms with Gasteiger partial charge in [-0.25, -0.2) is 9.67 Å². The van der Waals surface area contributed by atoms with Gasteiger partial charge in [-0.05, 0) is 26.0 Å². The summed E-state index contributed by atoms with van der Waals surface area (Å²) < 4.78 is 6.88. The zero-order valence-corrected chi connectivity index (χ0v) is 9.56. The Morgan fingerprint density at radius 1 is 1.31 bits per heavy atom. The first kappa shape index (κ1) is 10.5. The molecular formula is C11H14N4O. The van der Waals surface area contributed by atoms with Gasteiger partial charge >= 0.3 is 0 Å². The molecule has 84 valence electrons. The summed E-state index contributed by atoms with van der Waals surface area (Å²) in [5.74, 6) is 2.17. The van der Waals surface area contributed by atoms with E-state index in [1.807, 2.05) is 32.0 Å². The summed E-state index contributed by atoms with van der Waals surface area (Å²) in [5.41, 5.74) is 7.35. The van der Waals surface area contributed by atoms with Crippen LogP contribution in [0.2, 0.25) is 0 Å². The summed E-state index contributed by atoms with van der Waals surface area (Å²) >= 11 is 0. The minimum Gasteiger partial charge on any atom is -0.495 e. The third-order valence-corrected chi connectivity index (χ3v) is 2.37. The molecule has 2 aromatic rings. The molecule has 5 nitrogen and oxygen atoms in total. The number of aromatic nitrogens is 3. The van der Waals surface area contributed by atoms with Crippen molar-refractivity contribution in [2.75, 3.05) is 12.8 Å². The van der Waals surface area contributed by atoms with E-state index in [0.717, 1.165) is 17.3 Å². The van der Waals surface area contributed by atoms with E-state index >= 15 is 0 Å². The molecule has 0 aliphatic rings. The first-order valence-electron chi connectivity index (χ1n) is 4.96. The predicted molar refractivity (Wildman–Crippen MR) is 61.8 cm³/mol. The molecule has 0 bridgehead atoms. The summed E-state index contributed by atoms with van der Waals surface area (Å²) in [6, 6.07) is 5.58. The number of benzene rings is 1. The van der Waals surface area contributed by atoms with Gasteiger partial charge in [-0.3, -0.25) is 0 Å². The van der Waals surface area contributed by atoms with Gasteiger partial charge in [-0.1, -0.05) is 6.07 Å². The Morgan fingerprint density at radius 2 is 2.06 bits per heavy atom. The smallest absolute Gasteiger partial charge is 0.148 e. The van der Waals surface area contributed by atoms with E-state index < -0.39 is 0 Å². The molecule has 0 fully saturated rings. The molecule has 0 radical (unpaired) electrons. The molecule has 0 amide bonds. The van der Waals surface area contributed by atoms with E-state index in [2.05, 4.69) is 10.1 Å². The molecule has 0 aliphatic heterocycles. The highest BCUT2D eigenvalue weighted by Crippen LogP contribution is 2.27. The van der Waals surface area contributed by atoms with Crippen LogP contribution in [-0.4, -0.2) is 21.9 Å². The summed E-state index contributed by atoms with van der Waals surface area (Å²) in [4.78, 5) is 4.24. The van der Waals surface area contributed by atoms with Crippen LogP contribution in [0.25, 0.3) is 5.69 Å². The molecule has 2 rings (SSSR count). The van der Waals surface area contributed by atoms with Gasteiger partial charge < -0.3 is 10.5 Å². The third kappa shape index (κ3) is 1.60. The number of rotatable bonds is 2. The van der Waals surface area contributed by atoms with Gasteiger partial charge in [0.15, 0.2) is 0 Å². The Kier molecular flexibility index (Phi) is 2.52. The van der Waals surface area contributed by atoms with Crippen molar-refractivity contribution < 1.29 is 4.74 Å². The quantitative estimate of drug-likeness (QED) is 0.775. The summed E-state index contributed by atoms with van der Waals surface area (Å²) in [6.07, 6.45) is 0. The van der Waals surface area contributed by atoms with Gasteiger partial charge in [0, 0.05) is 0 Å². The van der Waals surface area contributed by atoms with Crippen LogP contribution in [0.5, 0.6) is 5.75 Å². The second-order valence-corrected chi connectivity index (χ2v) is 3.51. The Hall–Kier alpha value is -2.04. The molecule has 0 atom stereocenters. The fourth-order valence-electron chi connectivity index (χ4n) is 1.64. The molecule has 0 aliphatic carbocycles. The average Bonchev–Trinajstić information content (AvgIpc) is 2.58. The number of nitrogens with two attached hydrogens (primary N) is 1. The zero-order chi connectivity index (χ0) is 11.7. The van der Waals surface area contributed by atoms with E-state index in [0.29, 0.717) is 11.4 Å². The Morgan fingerprint density at radius 3 is 2.62 bits per heavy atom. The van der Waals surface area contributed by atoms with Crippen molar-refractivity contribution in [3.05, 3.63) is 29.8 Å². The number of nitrogens with zero attached hydrogens (tertiary/aromatic N) is 3. The van der Waals surface area contributed by atoms with Crippen molar-refractivity contribution in [3.63, 3.8) is 0 Å². The van der Waals surface area contributed by atoms with Crippen LogP contribution in [0.1, 0.15) is 11.6 Å². The largest absolute Gasteiger partial charge is 0.495 e. The topological polar surface area (TPSA) is 66.0 Å². The highest BCUT2D eigenvalue weighted by Gasteiger charge is 2.11. The van der Waals surface area contributed by atoms with Crippen LogP contribution in [0.4, 0.5) is 5.69 Å². The molecular weight excluding hydrogens is 204 g/mol. The fourth-order valence-corrected chi connectivity index (χ4v) is 1.64. The van der Waals surface area contributed by atoms with Gasteiger partial charge in [-0.2, -0.15) is 5.10 Å². The van der Waals surface area contributed by atoms with Crippen molar-refractivity contribution in [1.82, 2.24) is 14.8 Å². The first-order valence-corrected chi connectivity index (χ1v) is 4.96. The number of para-hydroxylation sites is 1. The summed E-state index contributed by atoms with van der Waals surface area (Å²) in [6.45, 7) is 3.73. The molecule has 0 saturated heterocycles. The Bertz CT molecular complexity index is 519. The summed E-state index contributed by atoms with van der Waals surface area (Å²) in [5, 5.41) is 4.29. The Balaban J connectivity index is 2.60. The number of hydrogen-bond donors (Lipinski definition) is 1. The van der Waals surface area contributed by atoms with Crippen molar-refractivity contribution in [2.45, 2.75) is 13.8 Å². The van der Waals surface area contributed by atoms with Crippen molar-refractivity contribution >= 4 is 5.69 Å². The molecule has 16 heavy (non-hydrogen) atoms. The standard InChI is InChI=1S/C11H14N4O/c1-7-13-8(2)15(14-7)9-5-4-6-10(16-3)11(9)12/h4-6H,12H2,1-3H3. The molecule has 0 saturated carbocycles. The van der Waals surface area contributed by atoms with Crippen LogP contribution < -0.4 is 10.5 Å². The zero-order valence-electron chi connectivity index (χ0n) is 9.56.